The van der Waals surface area contributed by atoms with Crippen LogP contribution in [0.25, 0.3) is 60.9 Å². The van der Waals surface area contributed by atoms with Gasteiger partial charge in [0, 0.05) is 16.3 Å². The molecule has 1 aliphatic rings. The molecule has 9 rings (SSSR count). The van der Waals surface area contributed by atoms with Crippen LogP contribution in [0.5, 0.6) is 0 Å². The number of rotatable bonds is 5. The Morgan fingerprint density at radius 2 is 1.12 bits per heavy atom. The van der Waals surface area contributed by atoms with Gasteiger partial charge in [0.05, 0.1) is 56.8 Å². The second-order valence-corrected chi connectivity index (χ2v) is 12.6. The first kappa shape index (κ1) is 30.5. The fourth-order valence-electron chi connectivity index (χ4n) is 7.52. The van der Waals surface area contributed by atoms with Crippen molar-refractivity contribution in [1.82, 2.24) is 4.57 Å². The number of hydrogen-bond acceptors (Lipinski definition) is 4. The molecule has 0 spiro atoms. The van der Waals surface area contributed by atoms with E-state index < -0.39 is 5.91 Å². The SMILES string of the molecule is N#Cc1ccc(-c2ccc3c(c2)c2ccccc2n3-c2cccc3c2C(=O)N(c2cccc(-c4ccccc4)c2-c2ccccc2)C3=O)c(C#N)c1. The second-order valence-electron chi connectivity index (χ2n) is 12.6. The van der Waals surface area contributed by atoms with Crippen molar-refractivity contribution in [2.24, 2.45) is 0 Å². The van der Waals surface area contributed by atoms with Crippen molar-refractivity contribution in [3.63, 3.8) is 0 Å². The summed E-state index contributed by atoms with van der Waals surface area (Å²) in [5, 5.41) is 21.2. The molecule has 0 aliphatic carbocycles. The summed E-state index contributed by atoms with van der Waals surface area (Å²) in [5.74, 6) is -0.770. The van der Waals surface area contributed by atoms with Crippen LogP contribution in [0.3, 0.4) is 0 Å². The molecule has 6 heteroatoms. The fraction of sp³-hybridized carbons (Fsp3) is 0. The average Bonchev–Trinajstić information content (AvgIpc) is 3.67. The lowest BCUT2D eigenvalue weighted by Crippen LogP contribution is -2.30. The number of imide groups is 1. The molecule has 2 amide bonds. The van der Waals surface area contributed by atoms with Gasteiger partial charge < -0.3 is 4.57 Å². The van der Waals surface area contributed by atoms with E-state index in [9.17, 15) is 20.1 Å². The Bertz CT molecular complexity index is 2860. The molecule has 0 unspecified atom stereocenters. The number of fused-ring (bicyclic) bond motifs is 4. The molecular weight excluding hydrogens is 641 g/mol. The largest absolute Gasteiger partial charge is 0.308 e. The Hall–Kier alpha value is -7.54. The maximum Gasteiger partial charge on any atom is 0.268 e. The predicted octanol–water partition coefficient (Wildman–Crippen LogP) is 10.3. The number of hydrogen-bond donors (Lipinski definition) is 0. The molecule has 8 aromatic rings. The van der Waals surface area contributed by atoms with Gasteiger partial charge in [-0.15, -0.1) is 0 Å². The number of carbonyl (C=O) groups is 2. The first-order valence-corrected chi connectivity index (χ1v) is 16.8. The Balaban J connectivity index is 1.23. The van der Waals surface area contributed by atoms with Crippen molar-refractivity contribution in [3.05, 3.63) is 180 Å². The molecule has 6 nitrogen and oxygen atoms in total. The predicted molar refractivity (Wildman–Crippen MR) is 204 cm³/mol. The van der Waals surface area contributed by atoms with E-state index in [1.54, 1.807) is 24.3 Å². The molecule has 0 bridgehead atoms. The molecule has 0 atom stereocenters. The molecule has 0 fully saturated rings. The zero-order valence-corrected chi connectivity index (χ0v) is 27.6. The third-order valence-corrected chi connectivity index (χ3v) is 9.82. The van der Waals surface area contributed by atoms with Gasteiger partial charge in [-0.2, -0.15) is 10.5 Å². The van der Waals surface area contributed by atoms with E-state index in [0.29, 0.717) is 33.6 Å². The van der Waals surface area contributed by atoms with Crippen molar-refractivity contribution >= 4 is 39.3 Å². The number of amides is 2. The lowest BCUT2D eigenvalue weighted by Gasteiger charge is -2.22. The van der Waals surface area contributed by atoms with E-state index in [2.05, 4.69) is 12.1 Å². The number of nitriles is 2. The number of nitrogens with zero attached hydrogens (tertiary/aromatic N) is 4. The Labute approximate surface area is 299 Å². The lowest BCUT2D eigenvalue weighted by atomic mass is 9.92. The van der Waals surface area contributed by atoms with E-state index >= 15 is 0 Å². The van der Waals surface area contributed by atoms with Gasteiger partial charge in [0.2, 0.25) is 0 Å². The molecular formula is C46H26N4O2. The number of para-hydroxylation sites is 1. The summed E-state index contributed by atoms with van der Waals surface area (Å²) in [6.45, 7) is 0. The molecule has 0 saturated carbocycles. The van der Waals surface area contributed by atoms with Gasteiger partial charge in [0.1, 0.15) is 0 Å². The summed E-state index contributed by atoms with van der Waals surface area (Å²) in [4.78, 5) is 30.6. The highest BCUT2D eigenvalue weighted by molar-refractivity contribution is 6.36. The molecule has 0 saturated heterocycles. The normalized spacial score (nSPS) is 12.2. The van der Waals surface area contributed by atoms with Crippen molar-refractivity contribution < 1.29 is 9.59 Å². The average molecular weight is 667 g/mol. The molecule has 1 aliphatic heterocycles. The van der Waals surface area contributed by atoms with E-state index in [0.717, 1.165) is 55.2 Å². The maximum atomic E-state index is 14.8. The smallest absolute Gasteiger partial charge is 0.268 e. The van der Waals surface area contributed by atoms with Crippen molar-refractivity contribution in [1.29, 1.82) is 10.5 Å². The summed E-state index contributed by atoms with van der Waals surface area (Å²) in [6, 6.07) is 54.4. The third-order valence-electron chi connectivity index (χ3n) is 9.82. The third kappa shape index (κ3) is 4.64. The molecule has 7 aromatic carbocycles. The second kappa shape index (κ2) is 12.1. The first-order valence-electron chi connectivity index (χ1n) is 16.8. The van der Waals surface area contributed by atoms with Crippen molar-refractivity contribution in [2.45, 2.75) is 0 Å². The molecule has 0 radical (unpaired) electrons. The lowest BCUT2D eigenvalue weighted by molar-refractivity contribution is 0.0926. The van der Waals surface area contributed by atoms with E-state index in [-0.39, 0.29) is 5.91 Å². The highest BCUT2D eigenvalue weighted by Crippen LogP contribution is 2.44. The summed E-state index contributed by atoms with van der Waals surface area (Å²) >= 11 is 0. The fourth-order valence-corrected chi connectivity index (χ4v) is 7.52. The van der Waals surface area contributed by atoms with Crippen LogP contribution >= 0.6 is 0 Å². The molecule has 2 heterocycles. The van der Waals surface area contributed by atoms with Gasteiger partial charge in [-0.3, -0.25) is 9.59 Å². The van der Waals surface area contributed by atoms with Crippen LogP contribution in [-0.2, 0) is 0 Å². The van der Waals surface area contributed by atoms with Gasteiger partial charge in [-0.1, -0.05) is 109 Å². The number of aromatic nitrogens is 1. The molecule has 1 aromatic heterocycles. The van der Waals surface area contributed by atoms with Crippen LogP contribution in [0, 0.1) is 22.7 Å². The molecule has 0 N–H and O–H groups in total. The van der Waals surface area contributed by atoms with Crippen molar-refractivity contribution in [3.8, 4) is 51.2 Å². The van der Waals surface area contributed by atoms with Crippen LogP contribution in [-0.4, -0.2) is 16.4 Å². The van der Waals surface area contributed by atoms with Gasteiger partial charge in [0.25, 0.3) is 11.8 Å². The van der Waals surface area contributed by atoms with E-state index in [1.165, 1.54) is 4.90 Å². The highest BCUT2D eigenvalue weighted by atomic mass is 16.2. The monoisotopic (exact) mass is 666 g/mol. The minimum atomic E-state index is -0.392. The summed E-state index contributed by atoms with van der Waals surface area (Å²) < 4.78 is 2.05. The zero-order valence-electron chi connectivity index (χ0n) is 27.6. The van der Waals surface area contributed by atoms with Crippen molar-refractivity contribution in [2.75, 3.05) is 4.90 Å². The zero-order chi connectivity index (χ0) is 35.3. The molecule has 52 heavy (non-hydrogen) atoms. The Morgan fingerprint density at radius 1 is 0.442 bits per heavy atom. The quantitative estimate of drug-likeness (QED) is 0.171. The number of carbonyl (C=O) groups excluding carboxylic acids is 2. The summed E-state index contributed by atoms with van der Waals surface area (Å²) in [6.07, 6.45) is 0. The van der Waals surface area contributed by atoms with Crippen LogP contribution in [0.4, 0.5) is 5.69 Å². The van der Waals surface area contributed by atoms with Crippen LogP contribution < -0.4 is 4.90 Å². The maximum absolute atomic E-state index is 14.8. The highest BCUT2D eigenvalue weighted by Gasteiger charge is 2.40. The minimum Gasteiger partial charge on any atom is -0.308 e. The van der Waals surface area contributed by atoms with Gasteiger partial charge in [-0.05, 0) is 76.3 Å². The van der Waals surface area contributed by atoms with Crippen LogP contribution in [0.2, 0.25) is 0 Å². The number of benzene rings is 7. The number of anilines is 1. The minimum absolute atomic E-state index is 0.335. The molecule has 242 valence electrons. The standard InChI is InChI=1S/C46H26N4O2/c47-27-29-21-23-34(33(25-29)28-48)32-22-24-40-38(26-32)36-15-7-8-18-39(36)49(40)42-20-10-17-37-44(42)46(52)50(45(37)51)41-19-9-16-35(30-11-3-1-4-12-30)43(41)31-13-5-2-6-14-31/h1-26H. The first-order chi connectivity index (χ1) is 25.6. The van der Waals surface area contributed by atoms with Gasteiger partial charge in [0.15, 0.2) is 0 Å². The van der Waals surface area contributed by atoms with Gasteiger partial charge in [-0.25, -0.2) is 4.90 Å². The van der Waals surface area contributed by atoms with Gasteiger partial charge >= 0.3 is 0 Å². The topological polar surface area (TPSA) is 89.9 Å². The summed E-state index contributed by atoms with van der Waals surface area (Å²) in [7, 11) is 0. The van der Waals surface area contributed by atoms with E-state index in [1.807, 2.05) is 138 Å². The van der Waals surface area contributed by atoms with Crippen LogP contribution in [0.15, 0.2) is 158 Å². The van der Waals surface area contributed by atoms with E-state index in [4.69, 9.17) is 0 Å². The summed E-state index contributed by atoms with van der Waals surface area (Å²) in [5.41, 5.74) is 9.51. The Morgan fingerprint density at radius 3 is 1.87 bits per heavy atom. The Kier molecular flexibility index (Phi) is 7.10. The van der Waals surface area contributed by atoms with Crippen LogP contribution in [0.1, 0.15) is 31.8 Å².